The average Bonchev–Trinajstić information content (AvgIpc) is 2.33. The maximum absolute atomic E-state index is 10.5. The maximum Gasteiger partial charge on any atom is 0.269 e. The van der Waals surface area contributed by atoms with Crippen LogP contribution in [0.15, 0.2) is 52.3 Å². The van der Waals surface area contributed by atoms with E-state index in [4.69, 9.17) is 11.6 Å². The van der Waals surface area contributed by atoms with Gasteiger partial charge in [0.2, 0.25) is 0 Å². The largest absolute Gasteiger partial charge is 0.507 e. The zero-order valence-corrected chi connectivity index (χ0v) is 10.6. The second kappa shape index (κ2) is 5.29. The molecule has 0 radical (unpaired) electrons. The van der Waals surface area contributed by atoms with Crippen molar-refractivity contribution in [1.29, 1.82) is 0 Å². The Hall–Kier alpha value is -1.72. The first-order valence-corrected chi connectivity index (χ1v) is 6.16. The van der Waals surface area contributed by atoms with E-state index in [1.54, 1.807) is 24.3 Å². The van der Waals surface area contributed by atoms with Gasteiger partial charge in [-0.3, -0.25) is 10.1 Å². The zero-order chi connectivity index (χ0) is 13.1. The summed E-state index contributed by atoms with van der Waals surface area (Å²) < 4.78 is 0. The van der Waals surface area contributed by atoms with Crippen molar-refractivity contribution in [3.05, 3.63) is 57.6 Å². The van der Waals surface area contributed by atoms with Gasteiger partial charge < -0.3 is 5.11 Å². The van der Waals surface area contributed by atoms with E-state index in [9.17, 15) is 15.2 Å². The molecule has 1 N–H and O–H groups in total. The highest BCUT2D eigenvalue weighted by molar-refractivity contribution is 7.99. The molecule has 0 heterocycles. The summed E-state index contributed by atoms with van der Waals surface area (Å²) in [7, 11) is 0. The predicted octanol–water partition coefficient (Wildman–Crippen LogP) is 4.11. The molecule has 2 aromatic rings. The van der Waals surface area contributed by atoms with Crippen molar-refractivity contribution in [2.75, 3.05) is 0 Å². The molecule has 0 aliphatic heterocycles. The SMILES string of the molecule is O=[N+]([O-])c1ccc(Sc2ccc(Cl)cc2O)cc1. The lowest BCUT2D eigenvalue weighted by molar-refractivity contribution is -0.384. The summed E-state index contributed by atoms with van der Waals surface area (Å²) in [6.07, 6.45) is 0. The Kier molecular flexibility index (Phi) is 3.74. The van der Waals surface area contributed by atoms with E-state index < -0.39 is 4.92 Å². The van der Waals surface area contributed by atoms with E-state index in [1.807, 2.05) is 0 Å². The molecule has 0 unspecified atom stereocenters. The molecule has 0 spiro atoms. The van der Waals surface area contributed by atoms with Crippen LogP contribution in [0, 0.1) is 10.1 Å². The first kappa shape index (κ1) is 12.7. The van der Waals surface area contributed by atoms with Gasteiger partial charge in [0, 0.05) is 22.1 Å². The van der Waals surface area contributed by atoms with Crippen LogP contribution >= 0.6 is 23.4 Å². The Bertz CT molecular complexity index is 586. The molecule has 2 aromatic carbocycles. The molecular formula is C12H8ClNO3S. The van der Waals surface area contributed by atoms with Crippen LogP contribution < -0.4 is 0 Å². The molecule has 92 valence electrons. The second-order valence-corrected chi connectivity index (χ2v) is 5.02. The van der Waals surface area contributed by atoms with Crippen LogP contribution in [0.4, 0.5) is 5.69 Å². The highest BCUT2D eigenvalue weighted by atomic mass is 35.5. The molecule has 0 atom stereocenters. The van der Waals surface area contributed by atoms with Gasteiger partial charge in [-0.15, -0.1) is 0 Å². The van der Waals surface area contributed by atoms with Gasteiger partial charge >= 0.3 is 0 Å². The van der Waals surface area contributed by atoms with Crippen molar-refractivity contribution in [1.82, 2.24) is 0 Å². The minimum atomic E-state index is -0.450. The van der Waals surface area contributed by atoms with Crippen LogP contribution in [0.5, 0.6) is 5.75 Å². The Balaban J connectivity index is 2.21. The monoisotopic (exact) mass is 281 g/mol. The average molecular weight is 282 g/mol. The normalized spacial score (nSPS) is 10.3. The third-order valence-corrected chi connectivity index (χ3v) is 3.50. The molecule has 0 aliphatic carbocycles. The summed E-state index contributed by atoms with van der Waals surface area (Å²) in [5, 5.41) is 20.6. The first-order chi connectivity index (χ1) is 8.56. The van der Waals surface area contributed by atoms with Crippen molar-refractivity contribution < 1.29 is 10.0 Å². The minimum absolute atomic E-state index is 0.0414. The molecule has 2 rings (SSSR count). The van der Waals surface area contributed by atoms with Crippen LogP contribution in [0.3, 0.4) is 0 Å². The molecule has 0 saturated heterocycles. The second-order valence-electron chi connectivity index (χ2n) is 3.47. The molecular weight excluding hydrogens is 274 g/mol. The van der Waals surface area contributed by atoms with E-state index in [2.05, 4.69) is 0 Å². The smallest absolute Gasteiger partial charge is 0.269 e. The van der Waals surface area contributed by atoms with E-state index in [-0.39, 0.29) is 11.4 Å². The van der Waals surface area contributed by atoms with Gasteiger partial charge in [0.1, 0.15) is 5.75 Å². The van der Waals surface area contributed by atoms with Crippen LogP contribution in [-0.4, -0.2) is 10.0 Å². The quantitative estimate of drug-likeness (QED) is 0.679. The van der Waals surface area contributed by atoms with Crippen molar-refractivity contribution >= 4 is 29.1 Å². The van der Waals surface area contributed by atoms with E-state index in [1.165, 1.54) is 30.0 Å². The molecule has 6 heteroatoms. The van der Waals surface area contributed by atoms with Gasteiger partial charge in [-0.2, -0.15) is 0 Å². The lowest BCUT2D eigenvalue weighted by Gasteiger charge is -2.04. The Labute approximate surface area is 112 Å². The number of nitro benzene ring substituents is 1. The Morgan fingerprint density at radius 3 is 2.39 bits per heavy atom. The number of phenolic OH excluding ortho intramolecular Hbond substituents is 1. The van der Waals surface area contributed by atoms with Crippen LogP contribution in [0.2, 0.25) is 5.02 Å². The van der Waals surface area contributed by atoms with Crippen molar-refractivity contribution in [3.8, 4) is 5.75 Å². The van der Waals surface area contributed by atoms with E-state index >= 15 is 0 Å². The van der Waals surface area contributed by atoms with Gasteiger partial charge in [-0.25, -0.2) is 0 Å². The maximum atomic E-state index is 10.5. The molecule has 18 heavy (non-hydrogen) atoms. The Morgan fingerprint density at radius 2 is 1.83 bits per heavy atom. The van der Waals surface area contributed by atoms with Gasteiger partial charge in [0.15, 0.2) is 0 Å². The topological polar surface area (TPSA) is 63.4 Å². The van der Waals surface area contributed by atoms with Crippen LogP contribution in [0.25, 0.3) is 0 Å². The van der Waals surface area contributed by atoms with Crippen molar-refractivity contribution in [2.45, 2.75) is 9.79 Å². The lowest BCUT2D eigenvalue weighted by atomic mass is 10.3. The fourth-order valence-corrected chi connectivity index (χ4v) is 2.33. The highest BCUT2D eigenvalue weighted by Crippen LogP contribution is 2.36. The van der Waals surface area contributed by atoms with Gasteiger partial charge in [-0.05, 0) is 30.3 Å². The summed E-state index contributed by atoms with van der Waals surface area (Å²) >= 11 is 7.04. The summed E-state index contributed by atoms with van der Waals surface area (Å²) in [4.78, 5) is 11.5. The number of aromatic hydroxyl groups is 1. The number of rotatable bonds is 3. The number of nitrogens with zero attached hydrogens (tertiary/aromatic N) is 1. The molecule has 0 saturated carbocycles. The summed E-state index contributed by atoms with van der Waals surface area (Å²) in [5.74, 6) is 0.0888. The Morgan fingerprint density at radius 1 is 1.17 bits per heavy atom. The van der Waals surface area contributed by atoms with E-state index in [0.717, 1.165) is 4.90 Å². The number of halogens is 1. The molecule has 0 fully saturated rings. The molecule has 0 bridgehead atoms. The van der Waals surface area contributed by atoms with Crippen molar-refractivity contribution in [2.24, 2.45) is 0 Å². The number of phenols is 1. The third-order valence-electron chi connectivity index (χ3n) is 2.20. The standard InChI is InChI=1S/C12H8ClNO3S/c13-8-1-6-12(11(15)7-8)18-10-4-2-9(3-5-10)14(16)17/h1-7,15H. The number of benzene rings is 2. The number of hydrogen-bond acceptors (Lipinski definition) is 4. The van der Waals surface area contributed by atoms with Gasteiger partial charge in [0.05, 0.1) is 9.82 Å². The van der Waals surface area contributed by atoms with Crippen LogP contribution in [0.1, 0.15) is 0 Å². The first-order valence-electron chi connectivity index (χ1n) is 4.97. The van der Waals surface area contributed by atoms with Crippen LogP contribution in [-0.2, 0) is 0 Å². The van der Waals surface area contributed by atoms with Gasteiger partial charge in [0.25, 0.3) is 5.69 Å². The number of non-ortho nitro benzene ring substituents is 1. The summed E-state index contributed by atoms with van der Waals surface area (Å²) in [5.41, 5.74) is 0.0414. The number of hydrogen-bond donors (Lipinski definition) is 1. The summed E-state index contributed by atoms with van der Waals surface area (Å²) in [6, 6.07) is 11.0. The highest BCUT2D eigenvalue weighted by Gasteiger charge is 2.07. The third kappa shape index (κ3) is 2.94. The summed E-state index contributed by atoms with van der Waals surface area (Å²) in [6.45, 7) is 0. The fraction of sp³-hybridized carbons (Fsp3) is 0. The molecule has 0 amide bonds. The lowest BCUT2D eigenvalue weighted by Crippen LogP contribution is -1.86. The van der Waals surface area contributed by atoms with Crippen molar-refractivity contribution in [3.63, 3.8) is 0 Å². The molecule has 0 aliphatic rings. The van der Waals surface area contributed by atoms with E-state index in [0.29, 0.717) is 9.92 Å². The number of nitro groups is 1. The molecule has 0 aromatic heterocycles. The minimum Gasteiger partial charge on any atom is -0.507 e. The predicted molar refractivity (Wildman–Crippen MR) is 70.3 cm³/mol. The van der Waals surface area contributed by atoms with Gasteiger partial charge in [-0.1, -0.05) is 23.4 Å². The molecule has 4 nitrogen and oxygen atoms in total. The fourth-order valence-electron chi connectivity index (χ4n) is 1.34. The zero-order valence-electron chi connectivity index (χ0n) is 9.04.